The zero-order valence-corrected chi connectivity index (χ0v) is 17.7. The Hall–Kier alpha value is -1.88. The molecule has 0 saturated carbocycles. The zero-order chi connectivity index (χ0) is 20.7. The smallest absolute Gasteiger partial charge is 0.253 e. The van der Waals surface area contributed by atoms with Crippen LogP contribution in [0.5, 0.6) is 0 Å². The summed E-state index contributed by atoms with van der Waals surface area (Å²) in [6.45, 7) is 3.46. The summed E-state index contributed by atoms with van der Waals surface area (Å²) < 4.78 is 32.7. The highest BCUT2D eigenvalue weighted by Crippen LogP contribution is 2.23. The fourth-order valence-corrected chi connectivity index (χ4v) is 5.49. The molecule has 2 aliphatic heterocycles. The third-order valence-electron chi connectivity index (χ3n) is 5.74. The van der Waals surface area contributed by atoms with E-state index in [4.69, 9.17) is 11.2 Å². The predicted molar refractivity (Wildman–Crippen MR) is 112 cm³/mol. The maximum atomic E-state index is 12.9. The van der Waals surface area contributed by atoms with Crippen molar-refractivity contribution in [2.75, 3.05) is 39.4 Å². The van der Waals surface area contributed by atoms with Crippen molar-refractivity contribution in [1.29, 1.82) is 0 Å². The monoisotopic (exact) mass is 418 g/mol. The normalized spacial score (nSPS) is 19.5. The molecule has 0 atom stereocenters. The van der Waals surface area contributed by atoms with Gasteiger partial charge in [-0.05, 0) is 55.9 Å². The fraction of sp³-hybridized carbons (Fsp3) is 0.591. The highest BCUT2D eigenvalue weighted by Gasteiger charge is 2.27. The average molecular weight is 419 g/mol. The maximum Gasteiger partial charge on any atom is 0.253 e. The minimum absolute atomic E-state index is 0.0493. The molecule has 158 valence electrons. The second-order valence-corrected chi connectivity index (χ2v) is 9.74. The van der Waals surface area contributed by atoms with Crippen LogP contribution in [0.2, 0.25) is 0 Å². The number of terminal acetylenes is 1. The SMILES string of the molecule is C#CCOCC1CCN(C(=O)c2ccc(S(=O)(=O)N3CCCCCC3)cc2)CC1. The molecule has 6 nitrogen and oxygen atoms in total. The third-order valence-corrected chi connectivity index (χ3v) is 7.66. The number of hydrogen-bond donors (Lipinski definition) is 0. The van der Waals surface area contributed by atoms with E-state index in [9.17, 15) is 13.2 Å². The molecule has 2 aliphatic rings. The van der Waals surface area contributed by atoms with E-state index in [1.165, 1.54) is 0 Å². The molecule has 2 saturated heterocycles. The Morgan fingerprint density at radius 2 is 1.66 bits per heavy atom. The van der Waals surface area contributed by atoms with Gasteiger partial charge in [-0.15, -0.1) is 6.42 Å². The van der Waals surface area contributed by atoms with Gasteiger partial charge in [-0.1, -0.05) is 18.8 Å². The van der Waals surface area contributed by atoms with Gasteiger partial charge in [0, 0.05) is 31.7 Å². The lowest BCUT2D eigenvalue weighted by atomic mass is 9.97. The number of benzene rings is 1. The first-order chi connectivity index (χ1) is 14.0. The Morgan fingerprint density at radius 3 is 2.24 bits per heavy atom. The van der Waals surface area contributed by atoms with Gasteiger partial charge in [-0.2, -0.15) is 4.31 Å². The Labute approximate surface area is 174 Å². The Kier molecular flexibility index (Phi) is 7.70. The quantitative estimate of drug-likeness (QED) is 0.526. The molecule has 0 aliphatic carbocycles. The highest BCUT2D eigenvalue weighted by atomic mass is 32.2. The lowest BCUT2D eigenvalue weighted by molar-refractivity contribution is 0.0582. The molecule has 0 aromatic heterocycles. The van der Waals surface area contributed by atoms with Crippen molar-refractivity contribution in [3.8, 4) is 12.3 Å². The molecule has 2 fully saturated rings. The summed E-state index contributed by atoms with van der Waals surface area (Å²) in [7, 11) is -3.49. The van der Waals surface area contributed by atoms with E-state index in [-0.39, 0.29) is 10.8 Å². The van der Waals surface area contributed by atoms with Gasteiger partial charge >= 0.3 is 0 Å². The van der Waals surface area contributed by atoms with Crippen LogP contribution in [0.25, 0.3) is 0 Å². The molecule has 7 heteroatoms. The molecule has 0 unspecified atom stereocenters. The minimum atomic E-state index is -3.49. The van der Waals surface area contributed by atoms with Gasteiger partial charge in [0.2, 0.25) is 10.0 Å². The van der Waals surface area contributed by atoms with Crippen LogP contribution in [-0.4, -0.2) is 62.9 Å². The number of hydrogen-bond acceptors (Lipinski definition) is 4. The summed E-state index contributed by atoms with van der Waals surface area (Å²) in [4.78, 5) is 14.9. The molecule has 0 radical (unpaired) electrons. The average Bonchev–Trinajstić information content (AvgIpc) is 3.04. The third kappa shape index (κ3) is 5.59. The summed E-state index contributed by atoms with van der Waals surface area (Å²) >= 11 is 0. The van der Waals surface area contributed by atoms with E-state index >= 15 is 0 Å². The summed E-state index contributed by atoms with van der Waals surface area (Å²) in [6, 6.07) is 6.39. The molecule has 29 heavy (non-hydrogen) atoms. The highest BCUT2D eigenvalue weighted by molar-refractivity contribution is 7.89. The van der Waals surface area contributed by atoms with Crippen LogP contribution in [0, 0.1) is 18.3 Å². The molecule has 2 heterocycles. The van der Waals surface area contributed by atoms with Crippen LogP contribution < -0.4 is 0 Å². The first-order valence-corrected chi connectivity index (χ1v) is 11.9. The van der Waals surface area contributed by atoms with E-state index < -0.39 is 10.0 Å². The van der Waals surface area contributed by atoms with E-state index in [1.807, 2.05) is 4.90 Å². The second-order valence-electron chi connectivity index (χ2n) is 7.80. The van der Waals surface area contributed by atoms with Crippen LogP contribution in [0.15, 0.2) is 29.2 Å². The second kappa shape index (κ2) is 10.2. The van der Waals surface area contributed by atoms with Gasteiger partial charge in [-0.3, -0.25) is 4.79 Å². The van der Waals surface area contributed by atoms with E-state index in [0.29, 0.717) is 50.9 Å². The summed E-state index contributed by atoms with van der Waals surface area (Å²) in [5.41, 5.74) is 0.529. The molecule has 1 aromatic carbocycles. The van der Waals surface area contributed by atoms with Crippen molar-refractivity contribution < 1.29 is 17.9 Å². The maximum absolute atomic E-state index is 12.9. The van der Waals surface area contributed by atoms with Gasteiger partial charge in [0.25, 0.3) is 5.91 Å². The van der Waals surface area contributed by atoms with Crippen LogP contribution in [0.4, 0.5) is 0 Å². The molecular formula is C22H30N2O4S. The van der Waals surface area contributed by atoms with Crippen LogP contribution in [0.3, 0.4) is 0 Å². The van der Waals surface area contributed by atoms with Crippen LogP contribution in [0.1, 0.15) is 48.9 Å². The lowest BCUT2D eigenvalue weighted by Crippen LogP contribution is -2.39. The van der Waals surface area contributed by atoms with E-state index in [2.05, 4.69) is 5.92 Å². The van der Waals surface area contributed by atoms with Crippen molar-refractivity contribution in [1.82, 2.24) is 9.21 Å². The van der Waals surface area contributed by atoms with Gasteiger partial charge < -0.3 is 9.64 Å². The molecular weight excluding hydrogens is 388 g/mol. The van der Waals surface area contributed by atoms with Gasteiger partial charge in [0.1, 0.15) is 6.61 Å². The number of sulfonamides is 1. The first kappa shape index (κ1) is 21.8. The van der Waals surface area contributed by atoms with E-state index in [1.54, 1.807) is 28.6 Å². The van der Waals surface area contributed by atoms with Crippen LogP contribution >= 0.6 is 0 Å². The van der Waals surface area contributed by atoms with E-state index in [0.717, 1.165) is 38.5 Å². The number of likely N-dealkylation sites (tertiary alicyclic amines) is 1. The topological polar surface area (TPSA) is 66.9 Å². The van der Waals surface area contributed by atoms with Crippen molar-refractivity contribution in [2.24, 2.45) is 5.92 Å². The molecule has 3 rings (SSSR count). The molecule has 1 aromatic rings. The number of carbonyl (C=O) groups excluding carboxylic acids is 1. The Bertz CT molecular complexity index is 813. The van der Waals surface area contributed by atoms with Crippen molar-refractivity contribution >= 4 is 15.9 Å². The summed E-state index contributed by atoms with van der Waals surface area (Å²) in [5, 5.41) is 0. The Balaban J connectivity index is 1.58. The number of carbonyl (C=O) groups is 1. The predicted octanol–water partition coefficient (Wildman–Crippen LogP) is 2.75. The zero-order valence-electron chi connectivity index (χ0n) is 16.9. The Morgan fingerprint density at radius 1 is 1.03 bits per heavy atom. The number of nitrogens with zero attached hydrogens (tertiary/aromatic N) is 2. The van der Waals surface area contributed by atoms with Crippen molar-refractivity contribution in [2.45, 2.75) is 43.4 Å². The molecule has 0 bridgehead atoms. The van der Waals surface area contributed by atoms with Gasteiger partial charge in [0.15, 0.2) is 0 Å². The first-order valence-electron chi connectivity index (χ1n) is 10.4. The van der Waals surface area contributed by atoms with Crippen molar-refractivity contribution in [3.05, 3.63) is 29.8 Å². The van der Waals surface area contributed by atoms with Gasteiger partial charge in [0.05, 0.1) is 11.5 Å². The number of rotatable bonds is 6. The molecule has 1 amide bonds. The lowest BCUT2D eigenvalue weighted by Gasteiger charge is -2.32. The largest absolute Gasteiger partial charge is 0.369 e. The van der Waals surface area contributed by atoms with Gasteiger partial charge in [-0.25, -0.2) is 8.42 Å². The number of piperidine rings is 1. The van der Waals surface area contributed by atoms with Crippen LogP contribution in [-0.2, 0) is 14.8 Å². The number of amides is 1. The summed E-state index contributed by atoms with van der Waals surface area (Å²) in [5.74, 6) is 2.84. The standard InChI is InChI=1S/C22H30N2O4S/c1-2-17-28-18-19-11-15-23(16-12-19)22(25)20-7-9-21(10-8-20)29(26,27)24-13-5-3-4-6-14-24/h1,7-10,19H,3-6,11-18H2. The minimum Gasteiger partial charge on any atom is -0.369 e. The molecule has 0 spiro atoms. The summed E-state index contributed by atoms with van der Waals surface area (Å²) in [6.07, 6.45) is 10.9. The van der Waals surface area contributed by atoms with Crippen molar-refractivity contribution in [3.63, 3.8) is 0 Å². The molecule has 0 N–H and O–H groups in total. The fourth-order valence-electron chi connectivity index (χ4n) is 3.97. The number of ether oxygens (including phenoxy) is 1.